The summed E-state index contributed by atoms with van der Waals surface area (Å²) in [6, 6.07) is 5.47. The van der Waals surface area contributed by atoms with Gasteiger partial charge >= 0.3 is 0 Å². The third-order valence-corrected chi connectivity index (χ3v) is 4.14. The van der Waals surface area contributed by atoms with Crippen molar-refractivity contribution in [2.75, 3.05) is 24.6 Å². The lowest BCUT2D eigenvalue weighted by molar-refractivity contribution is -0.124. The van der Waals surface area contributed by atoms with Gasteiger partial charge < -0.3 is 15.0 Å². The van der Waals surface area contributed by atoms with Gasteiger partial charge in [0.25, 0.3) is 0 Å². The van der Waals surface area contributed by atoms with Crippen LogP contribution in [0.4, 0.5) is 5.82 Å². The summed E-state index contributed by atoms with van der Waals surface area (Å²) in [5.41, 5.74) is 0.973. The van der Waals surface area contributed by atoms with Gasteiger partial charge in [-0.15, -0.1) is 0 Å². The van der Waals surface area contributed by atoms with E-state index in [1.54, 1.807) is 23.1 Å². The molecule has 1 N–H and O–H groups in total. The van der Waals surface area contributed by atoms with Crippen molar-refractivity contribution < 1.29 is 9.53 Å². The highest BCUT2D eigenvalue weighted by molar-refractivity contribution is 5.79. The van der Waals surface area contributed by atoms with E-state index in [0.29, 0.717) is 6.54 Å². The molecule has 0 aromatic carbocycles. The highest BCUT2D eigenvalue weighted by Crippen LogP contribution is 2.15. The molecule has 7 heteroatoms. The van der Waals surface area contributed by atoms with Crippen molar-refractivity contribution in [3.8, 4) is 0 Å². The molecule has 7 nitrogen and oxygen atoms in total. The molecule has 0 bridgehead atoms. The Labute approximate surface area is 141 Å². The van der Waals surface area contributed by atoms with Crippen LogP contribution in [-0.2, 0) is 16.1 Å². The molecule has 2 aromatic heterocycles. The van der Waals surface area contributed by atoms with Gasteiger partial charge in [-0.3, -0.25) is 9.48 Å². The second kappa shape index (κ2) is 7.44. The summed E-state index contributed by atoms with van der Waals surface area (Å²) in [4.78, 5) is 18.9. The highest BCUT2D eigenvalue weighted by Gasteiger charge is 2.18. The van der Waals surface area contributed by atoms with Crippen molar-refractivity contribution in [3.63, 3.8) is 0 Å². The number of anilines is 1. The van der Waals surface area contributed by atoms with Crippen LogP contribution < -0.4 is 10.2 Å². The predicted molar refractivity (Wildman–Crippen MR) is 90.6 cm³/mol. The van der Waals surface area contributed by atoms with Crippen LogP contribution in [0, 0.1) is 0 Å². The molecule has 1 aliphatic heterocycles. The van der Waals surface area contributed by atoms with Crippen molar-refractivity contribution in [1.82, 2.24) is 20.1 Å². The Kier molecular flexibility index (Phi) is 5.10. The van der Waals surface area contributed by atoms with Crippen LogP contribution in [0.1, 0.15) is 25.5 Å². The second-order valence-electron chi connectivity index (χ2n) is 6.03. The van der Waals surface area contributed by atoms with Crippen LogP contribution in [0.3, 0.4) is 0 Å². The maximum absolute atomic E-state index is 12.2. The Balaban J connectivity index is 1.53. The summed E-state index contributed by atoms with van der Waals surface area (Å²) < 4.78 is 7.18. The van der Waals surface area contributed by atoms with Crippen LogP contribution in [-0.4, -0.2) is 46.5 Å². The van der Waals surface area contributed by atoms with Gasteiger partial charge in [-0.05, 0) is 31.5 Å². The van der Waals surface area contributed by atoms with E-state index in [4.69, 9.17) is 4.74 Å². The number of hydrogen-bond acceptors (Lipinski definition) is 5. The second-order valence-corrected chi connectivity index (χ2v) is 6.03. The Morgan fingerprint density at radius 2 is 2.38 bits per heavy atom. The minimum absolute atomic E-state index is 0.0650. The first-order chi connectivity index (χ1) is 11.6. The van der Waals surface area contributed by atoms with E-state index in [2.05, 4.69) is 27.2 Å². The summed E-state index contributed by atoms with van der Waals surface area (Å²) in [6.45, 7) is 6.78. The van der Waals surface area contributed by atoms with E-state index in [1.165, 1.54) is 0 Å². The largest absolute Gasteiger partial charge is 0.375 e. The highest BCUT2D eigenvalue weighted by atomic mass is 16.5. The molecular formula is C17H23N5O2. The van der Waals surface area contributed by atoms with Crippen molar-refractivity contribution >= 4 is 11.7 Å². The number of amides is 1. The van der Waals surface area contributed by atoms with E-state index in [-0.39, 0.29) is 18.1 Å². The number of pyridine rings is 1. The van der Waals surface area contributed by atoms with Crippen LogP contribution in [0.15, 0.2) is 36.8 Å². The van der Waals surface area contributed by atoms with Crippen LogP contribution in [0.5, 0.6) is 0 Å². The first-order valence-corrected chi connectivity index (χ1v) is 8.22. The summed E-state index contributed by atoms with van der Waals surface area (Å²) in [6.07, 6.45) is 5.49. The fourth-order valence-corrected chi connectivity index (χ4v) is 2.70. The van der Waals surface area contributed by atoms with Crippen molar-refractivity contribution in [2.24, 2.45) is 0 Å². The van der Waals surface area contributed by atoms with Gasteiger partial charge in [0.2, 0.25) is 5.91 Å². The molecule has 0 saturated carbocycles. The van der Waals surface area contributed by atoms with Crippen LogP contribution in [0.2, 0.25) is 0 Å². The topological polar surface area (TPSA) is 72.3 Å². The Hall–Kier alpha value is -2.41. The molecule has 1 saturated heterocycles. The molecule has 24 heavy (non-hydrogen) atoms. The van der Waals surface area contributed by atoms with Crippen molar-refractivity contribution in [3.05, 3.63) is 42.4 Å². The molecule has 1 amide bonds. The van der Waals surface area contributed by atoms with Crippen LogP contribution in [0.25, 0.3) is 0 Å². The summed E-state index contributed by atoms with van der Waals surface area (Å²) in [7, 11) is 0. The van der Waals surface area contributed by atoms with Crippen molar-refractivity contribution in [2.45, 2.75) is 32.5 Å². The van der Waals surface area contributed by atoms with Gasteiger partial charge in [0.05, 0.1) is 12.7 Å². The summed E-state index contributed by atoms with van der Waals surface area (Å²) in [5.74, 6) is 0.884. The average molecular weight is 329 g/mol. The van der Waals surface area contributed by atoms with Gasteiger partial charge in [-0.2, -0.15) is 5.10 Å². The van der Waals surface area contributed by atoms with Gasteiger partial charge in [0.1, 0.15) is 11.9 Å². The van der Waals surface area contributed by atoms with E-state index >= 15 is 0 Å². The molecule has 1 aliphatic rings. The van der Waals surface area contributed by atoms with Crippen molar-refractivity contribution in [1.29, 1.82) is 0 Å². The molecule has 2 atom stereocenters. The molecule has 2 unspecified atom stereocenters. The normalized spacial score (nSPS) is 19.1. The van der Waals surface area contributed by atoms with E-state index in [0.717, 1.165) is 31.1 Å². The molecule has 0 spiro atoms. The average Bonchev–Trinajstić information content (AvgIpc) is 3.14. The van der Waals surface area contributed by atoms with E-state index in [9.17, 15) is 4.79 Å². The zero-order valence-corrected chi connectivity index (χ0v) is 14.1. The van der Waals surface area contributed by atoms with Gasteiger partial charge in [-0.25, -0.2) is 4.98 Å². The first-order valence-electron chi connectivity index (χ1n) is 8.22. The number of carbonyl (C=O) groups is 1. The van der Waals surface area contributed by atoms with E-state index in [1.807, 2.05) is 25.3 Å². The lowest BCUT2D eigenvalue weighted by atomic mass is 10.2. The Morgan fingerprint density at radius 3 is 3.04 bits per heavy atom. The van der Waals surface area contributed by atoms with Crippen LogP contribution >= 0.6 is 0 Å². The van der Waals surface area contributed by atoms with Gasteiger partial charge in [-0.1, -0.05) is 6.07 Å². The number of morpholine rings is 1. The Bertz CT molecular complexity index is 656. The molecule has 0 radical (unpaired) electrons. The number of nitrogens with zero attached hydrogens (tertiary/aromatic N) is 4. The molecule has 3 heterocycles. The third-order valence-electron chi connectivity index (χ3n) is 4.14. The zero-order valence-electron chi connectivity index (χ0n) is 14.1. The quantitative estimate of drug-likeness (QED) is 0.897. The molecular weight excluding hydrogens is 306 g/mol. The maximum atomic E-state index is 12.2. The third kappa shape index (κ3) is 3.91. The standard InChI is InChI=1S/C17H23N5O2/c1-13-12-21(8-9-24-13)16-5-4-15(10-18-16)11-19-17(23)14(2)22-7-3-6-20-22/h3-7,10,13-14H,8-9,11-12H2,1-2H3,(H,19,23). The number of ether oxygens (including phenoxy) is 1. The molecule has 2 aromatic rings. The Morgan fingerprint density at radius 1 is 1.50 bits per heavy atom. The fourth-order valence-electron chi connectivity index (χ4n) is 2.70. The molecule has 3 rings (SSSR count). The molecule has 0 aliphatic carbocycles. The number of hydrogen-bond donors (Lipinski definition) is 1. The number of carbonyl (C=O) groups excluding carboxylic acids is 1. The number of aromatic nitrogens is 3. The first kappa shape index (κ1) is 16.4. The SMILES string of the molecule is CC1CN(c2ccc(CNC(=O)C(C)n3cccn3)cn2)CCO1. The molecule has 128 valence electrons. The summed E-state index contributed by atoms with van der Waals surface area (Å²) in [5, 5.41) is 7.01. The zero-order chi connectivity index (χ0) is 16.9. The van der Waals surface area contributed by atoms with E-state index < -0.39 is 0 Å². The number of rotatable bonds is 5. The van der Waals surface area contributed by atoms with Gasteiger partial charge in [0.15, 0.2) is 0 Å². The lowest BCUT2D eigenvalue weighted by Crippen LogP contribution is -2.41. The fraction of sp³-hybridized carbons (Fsp3) is 0.471. The number of nitrogens with one attached hydrogen (secondary N) is 1. The monoisotopic (exact) mass is 329 g/mol. The smallest absolute Gasteiger partial charge is 0.244 e. The lowest BCUT2D eigenvalue weighted by Gasteiger charge is -2.32. The minimum atomic E-state index is -0.331. The van der Waals surface area contributed by atoms with Gasteiger partial charge in [0, 0.05) is 38.2 Å². The molecule has 1 fully saturated rings. The predicted octanol–water partition coefficient (Wildman–Crippen LogP) is 1.38. The summed E-state index contributed by atoms with van der Waals surface area (Å²) >= 11 is 0. The minimum Gasteiger partial charge on any atom is -0.375 e. The maximum Gasteiger partial charge on any atom is 0.244 e.